The van der Waals surface area contributed by atoms with Crippen LogP contribution in [0.2, 0.25) is 0 Å². The van der Waals surface area contributed by atoms with Gasteiger partial charge in [-0.1, -0.05) is 27.2 Å². The second-order valence-electron chi connectivity index (χ2n) is 12.4. The lowest BCUT2D eigenvalue weighted by atomic mass is 9.75. The number of aliphatic hydroxyl groups is 5. The SMILES string of the molecule is CCC(C)(CC)C(O)C(CCCCNC(O)CCOC(C)(C)COC(C)(C)COC)NC(O)CCCC(O)O. The Morgan fingerprint density at radius 3 is 1.87 bits per heavy atom. The number of hydrogen-bond acceptors (Lipinski definition) is 10. The molecule has 7 N–H and O–H groups in total. The molecule has 0 saturated carbocycles. The van der Waals surface area contributed by atoms with Crippen LogP contribution >= 0.6 is 0 Å². The Kier molecular flexibility index (Phi) is 19.5. The van der Waals surface area contributed by atoms with Gasteiger partial charge < -0.3 is 39.7 Å². The van der Waals surface area contributed by atoms with Gasteiger partial charge in [-0.05, 0) is 84.6 Å². The number of ether oxygens (including phenoxy) is 3. The third kappa shape index (κ3) is 17.9. The van der Waals surface area contributed by atoms with E-state index in [4.69, 9.17) is 24.4 Å². The molecule has 10 nitrogen and oxygen atoms in total. The third-order valence-electron chi connectivity index (χ3n) is 7.57. The highest BCUT2D eigenvalue weighted by molar-refractivity contribution is 4.89. The molecule has 0 amide bonds. The highest BCUT2D eigenvalue weighted by Crippen LogP contribution is 2.33. The first-order valence-electron chi connectivity index (χ1n) is 14.8. The lowest BCUT2D eigenvalue weighted by Crippen LogP contribution is -2.51. The summed E-state index contributed by atoms with van der Waals surface area (Å²) < 4.78 is 17.0. The minimum Gasteiger partial charge on any atom is -0.391 e. The fourth-order valence-corrected chi connectivity index (χ4v) is 4.42. The van der Waals surface area contributed by atoms with Gasteiger partial charge in [-0.3, -0.25) is 10.6 Å². The summed E-state index contributed by atoms with van der Waals surface area (Å²) in [5.74, 6) is 0. The maximum Gasteiger partial charge on any atom is 0.151 e. The van der Waals surface area contributed by atoms with E-state index in [1.54, 1.807) is 7.11 Å². The molecule has 39 heavy (non-hydrogen) atoms. The first kappa shape index (κ1) is 38.6. The standard InChI is InChI=1S/C29H62N2O8/c1-9-29(7,10-2)26(36)22(31-24(33)15-13-16-25(34)35)14-11-12-18-30-23(32)17-19-38-28(5,6)21-39-27(3,4)20-37-8/h22-26,30-36H,9-21H2,1-8H3. The summed E-state index contributed by atoms with van der Waals surface area (Å²) in [6.45, 7) is 16.0. The van der Waals surface area contributed by atoms with Crippen molar-refractivity contribution >= 4 is 0 Å². The molecule has 0 aromatic rings. The zero-order valence-electron chi connectivity index (χ0n) is 26.0. The van der Waals surface area contributed by atoms with E-state index in [0.29, 0.717) is 52.0 Å². The van der Waals surface area contributed by atoms with Crippen LogP contribution in [-0.2, 0) is 14.2 Å². The smallest absolute Gasteiger partial charge is 0.151 e. The first-order chi connectivity index (χ1) is 18.1. The molecule has 0 heterocycles. The number of nitrogens with one attached hydrogen (secondary N) is 2. The fraction of sp³-hybridized carbons (Fsp3) is 1.00. The van der Waals surface area contributed by atoms with Gasteiger partial charge in [0.15, 0.2) is 6.29 Å². The van der Waals surface area contributed by atoms with Crippen molar-refractivity contribution in [2.45, 2.75) is 148 Å². The summed E-state index contributed by atoms with van der Waals surface area (Å²) in [6.07, 6.45) is 1.89. The van der Waals surface area contributed by atoms with Crippen molar-refractivity contribution < 1.29 is 39.7 Å². The largest absolute Gasteiger partial charge is 0.391 e. The molecular formula is C29H62N2O8. The average molecular weight is 567 g/mol. The lowest BCUT2D eigenvalue weighted by molar-refractivity contribution is -0.138. The van der Waals surface area contributed by atoms with Crippen LogP contribution in [0.5, 0.6) is 0 Å². The summed E-state index contributed by atoms with van der Waals surface area (Å²) in [5.41, 5.74) is -1.15. The van der Waals surface area contributed by atoms with Gasteiger partial charge in [-0.15, -0.1) is 0 Å². The van der Waals surface area contributed by atoms with E-state index in [1.165, 1.54) is 0 Å². The monoisotopic (exact) mass is 566 g/mol. The van der Waals surface area contributed by atoms with Crippen LogP contribution in [0, 0.1) is 5.41 Å². The molecule has 0 aromatic carbocycles. The van der Waals surface area contributed by atoms with Gasteiger partial charge >= 0.3 is 0 Å². The number of methoxy groups -OCH3 is 1. The second-order valence-corrected chi connectivity index (χ2v) is 12.4. The van der Waals surface area contributed by atoms with Crippen molar-refractivity contribution in [1.82, 2.24) is 10.6 Å². The molecule has 0 fully saturated rings. The van der Waals surface area contributed by atoms with E-state index in [1.807, 2.05) is 27.7 Å². The van der Waals surface area contributed by atoms with E-state index < -0.39 is 36.1 Å². The molecule has 236 valence electrons. The van der Waals surface area contributed by atoms with Crippen LogP contribution in [0.3, 0.4) is 0 Å². The quantitative estimate of drug-likeness (QED) is 0.0648. The first-order valence-corrected chi connectivity index (χ1v) is 14.8. The van der Waals surface area contributed by atoms with Crippen LogP contribution in [0.4, 0.5) is 0 Å². The summed E-state index contributed by atoms with van der Waals surface area (Å²) in [5, 5.41) is 56.3. The van der Waals surface area contributed by atoms with Crippen molar-refractivity contribution in [1.29, 1.82) is 0 Å². The fourth-order valence-electron chi connectivity index (χ4n) is 4.42. The zero-order chi connectivity index (χ0) is 30.1. The lowest BCUT2D eigenvalue weighted by Gasteiger charge is -2.39. The molecule has 0 rings (SSSR count). The Bertz CT molecular complexity index is 602. The topological polar surface area (TPSA) is 153 Å². The number of rotatable bonds is 25. The van der Waals surface area contributed by atoms with Gasteiger partial charge in [0.05, 0.1) is 37.1 Å². The van der Waals surface area contributed by atoms with Crippen molar-refractivity contribution in [3.05, 3.63) is 0 Å². The molecule has 0 aromatic heterocycles. The van der Waals surface area contributed by atoms with Crippen LogP contribution in [0.1, 0.15) is 106 Å². The normalized spacial score (nSPS) is 16.5. The van der Waals surface area contributed by atoms with E-state index in [-0.39, 0.29) is 17.9 Å². The molecule has 4 unspecified atom stereocenters. The van der Waals surface area contributed by atoms with Crippen molar-refractivity contribution in [3.8, 4) is 0 Å². The van der Waals surface area contributed by atoms with Crippen LogP contribution < -0.4 is 10.6 Å². The molecule has 4 atom stereocenters. The Labute approximate surface area is 237 Å². The van der Waals surface area contributed by atoms with E-state index >= 15 is 0 Å². The van der Waals surface area contributed by atoms with Crippen molar-refractivity contribution in [3.63, 3.8) is 0 Å². The Balaban J connectivity index is 4.52. The minimum atomic E-state index is -1.38. The van der Waals surface area contributed by atoms with Crippen molar-refractivity contribution in [2.75, 3.05) is 33.5 Å². The molecule has 10 heteroatoms. The zero-order valence-corrected chi connectivity index (χ0v) is 26.0. The van der Waals surface area contributed by atoms with Gasteiger partial charge in [0.1, 0.15) is 12.5 Å². The third-order valence-corrected chi connectivity index (χ3v) is 7.57. The maximum atomic E-state index is 11.2. The van der Waals surface area contributed by atoms with Crippen LogP contribution in [0.25, 0.3) is 0 Å². The summed E-state index contributed by atoms with van der Waals surface area (Å²) in [4.78, 5) is 0. The Hall–Kier alpha value is -0.400. The van der Waals surface area contributed by atoms with Gasteiger partial charge in [-0.25, -0.2) is 0 Å². The maximum absolute atomic E-state index is 11.2. The van der Waals surface area contributed by atoms with Crippen LogP contribution in [0.15, 0.2) is 0 Å². The Morgan fingerprint density at radius 1 is 0.692 bits per heavy atom. The van der Waals surface area contributed by atoms with E-state index in [0.717, 1.165) is 25.7 Å². The number of aliphatic hydroxyl groups excluding tert-OH is 4. The molecule has 0 aliphatic heterocycles. The molecular weight excluding hydrogens is 504 g/mol. The number of unbranched alkanes of at least 4 members (excludes halogenated alkanes) is 1. The summed E-state index contributed by atoms with van der Waals surface area (Å²) in [6, 6.07) is -0.291. The van der Waals surface area contributed by atoms with E-state index in [9.17, 15) is 15.3 Å². The highest BCUT2D eigenvalue weighted by atomic mass is 16.6. The second kappa shape index (κ2) is 19.7. The minimum absolute atomic E-state index is 0.199. The van der Waals surface area contributed by atoms with Gasteiger partial charge in [0.2, 0.25) is 0 Å². The molecule has 0 saturated heterocycles. The average Bonchev–Trinajstić information content (AvgIpc) is 2.85. The molecule has 0 bridgehead atoms. The Morgan fingerprint density at radius 2 is 1.31 bits per heavy atom. The molecule has 0 aliphatic rings. The number of hydrogen-bond donors (Lipinski definition) is 7. The predicted octanol–water partition coefficient (Wildman–Crippen LogP) is 2.64. The summed E-state index contributed by atoms with van der Waals surface area (Å²) >= 11 is 0. The van der Waals surface area contributed by atoms with E-state index in [2.05, 4.69) is 31.4 Å². The van der Waals surface area contributed by atoms with Crippen LogP contribution in [-0.4, -0.2) is 101 Å². The van der Waals surface area contributed by atoms with Gasteiger partial charge in [0, 0.05) is 19.6 Å². The predicted molar refractivity (Wildman–Crippen MR) is 154 cm³/mol. The van der Waals surface area contributed by atoms with Crippen molar-refractivity contribution in [2.24, 2.45) is 5.41 Å². The molecule has 0 aliphatic carbocycles. The van der Waals surface area contributed by atoms with Gasteiger partial charge in [-0.2, -0.15) is 0 Å². The molecule has 0 spiro atoms. The van der Waals surface area contributed by atoms with Gasteiger partial charge in [0.25, 0.3) is 0 Å². The molecule has 0 radical (unpaired) electrons. The summed E-state index contributed by atoms with van der Waals surface area (Å²) in [7, 11) is 1.65. The highest BCUT2D eigenvalue weighted by Gasteiger charge is 2.35.